The van der Waals surface area contributed by atoms with Crippen molar-refractivity contribution in [1.29, 1.82) is 0 Å². The molecule has 0 N–H and O–H groups in total. The van der Waals surface area contributed by atoms with Gasteiger partial charge in [0.25, 0.3) is 5.91 Å². The summed E-state index contributed by atoms with van der Waals surface area (Å²) in [7, 11) is 0. The molecule has 0 aliphatic heterocycles. The highest BCUT2D eigenvalue weighted by Gasteiger charge is 2.21. The molecule has 3 nitrogen and oxygen atoms in total. The largest absolute Gasteiger partial charge is 0.280 e. The van der Waals surface area contributed by atoms with Gasteiger partial charge in [-0.2, -0.15) is 9.78 Å². The van der Waals surface area contributed by atoms with E-state index < -0.39 is 5.82 Å². The van der Waals surface area contributed by atoms with Crippen LogP contribution in [0.4, 0.5) is 4.39 Å². The third-order valence-electron chi connectivity index (χ3n) is 3.24. The van der Waals surface area contributed by atoms with E-state index in [9.17, 15) is 9.18 Å². The average molecular weight is 415 g/mol. The minimum atomic E-state index is -0.396. The predicted octanol–water partition coefficient (Wildman–Crippen LogP) is 4.43. The SMILES string of the molecule is Cc1cccc(Cl)c1C(=O)n1nc(I)c2c(F)cccc21. The van der Waals surface area contributed by atoms with E-state index in [1.165, 1.54) is 10.7 Å². The van der Waals surface area contributed by atoms with Crippen molar-refractivity contribution in [2.75, 3.05) is 0 Å². The standard InChI is InChI=1S/C15H9ClFIN2O/c1-8-4-2-5-9(16)12(8)15(21)20-11-7-3-6-10(17)13(11)14(18)19-20/h2-7H,1H3. The summed E-state index contributed by atoms with van der Waals surface area (Å²) in [5.41, 5.74) is 1.57. The van der Waals surface area contributed by atoms with Crippen LogP contribution in [0.2, 0.25) is 5.02 Å². The molecule has 3 aromatic rings. The van der Waals surface area contributed by atoms with Crippen molar-refractivity contribution in [2.24, 2.45) is 0 Å². The molecule has 0 aliphatic carbocycles. The maximum Gasteiger partial charge on any atom is 0.280 e. The molecule has 0 radical (unpaired) electrons. The fourth-order valence-electron chi connectivity index (χ4n) is 2.25. The van der Waals surface area contributed by atoms with E-state index in [1.54, 1.807) is 37.3 Å². The summed E-state index contributed by atoms with van der Waals surface area (Å²) in [6.45, 7) is 1.80. The van der Waals surface area contributed by atoms with E-state index >= 15 is 0 Å². The predicted molar refractivity (Wildman–Crippen MR) is 88.3 cm³/mol. The van der Waals surface area contributed by atoms with E-state index in [0.29, 0.717) is 25.2 Å². The smallest absolute Gasteiger partial charge is 0.267 e. The molecule has 2 aromatic carbocycles. The van der Waals surface area contributed by atoms with Crippen molar-refractivity contribution in [3.8, 4) is 0 Å². The summed E-state index contributed by atoms with van der Waals surface area (Å²) in [4.78, 5) is 12.7. The normalized spacial score (nSPS) is 11.0. The quantitative estimate of drug-likeness (QED) is 0.552. The minimum Gasteiger partial charge on any atom is -0.267 e. The fourth-order valence-corrected chi connectivity index (χ4v) is 3.30. The summed E-state index contributed by atoms with van der Waals surface area (Å²) in [5, 5.41) is 4.86. The average Bonchev–Trinajstić information content (AvgIpc) is 2.77. The second kappa shape index (κ2) is 5.38. The Morgan fingerprint density at radius 2 is 2.00 bits per heavy atom. The van der Waals surface area contributed by atoms with Gasteiger partial charge in [0.2, 0.25) is 0 Å². The Morgan fingerprint density at radius 1 is 1.29 bits per heavy atom. The van der Waals surface area contributed by atoms with Crippen LogP contribution in [0, 0.1) is 16.4 Å². The molecule has 0 bridgehead atoms. The van der Waals surface area contributed by atoms with Crippen molar-refractivity contribution in [3.63, 3.8) is 0 Å². The molecule has 0 aliphatic rings. The molecule has 6 heteroatoms. The van der Waals surface area contributed by atoms with Crippen molar-refractivity contribution in [2.45, 2.75) is 6.92 Å². The lowest BCUT2D eigenvalue weighted by Crippen LogP contribution is -2.15. The lowest BCUT2D eigenvalue weighted by atomic mass is 10.1. The Hall–Kier alpha value is -1.47. The van der Waals surface area contributed by atoms with E-state index in [4.69, 9.17) is 11.6 Å². The van der Waals surface area contributed by atoms with Gasteiger partial charge in [-0.25, -0.2) is 4.39 Å². The molecule has 106 valence electrons. The number of aryl methyl sites for hydroxylation is 1. The van der Waals surface area contributed by atoms with Crippen LogP contribution in [0.15, 0.2) is 36.4 Å². The topological polar surface area (TPSA) is 34.9 Å². The monoisotopic (exact) mass is 414 g/mol. The van der Waals surface area contributed by atoms with Gasteiger partial charge in [-0.05, 0) is 53.3 Å². The molecule has 0 saturated heterocycles. The number of rotatable bonds is 1. The number of benzene rings is 2. The second-order valence-corrected chi connectivity index (χ2v) is 6.00. The fraction of sp³-hybridized carbons (Fsp3) is 0.0667. The Bertz CT molecular complexity index is 855. The van der Waals surface area contributed by atoms with Gasteiger partial charge in [0, 0.05) is 0 Å². The van der Waals surface area contributed by atoms with Gasteiger partial charge < -0.3 is 0 Å². The molecule has 0 saturated carbocycles. The summed E-state index contributed by atoms with van der Waals surface area (Å²) >= 11 is 8.04. The first-order valence-electron chi connectivity index (χ1n) is 6.13. The lowest BCUT2D eigenvalue weighted by molar-refractivity contribution is 0.0949. The summed E-state index contributed by atoms with van der Waals surface area (Å²) < 4.78 is 15.5. The number of halogens is 3. The van der Waals surface area contributed by atoms with Gasteiger partial charge in [-0.3, -0.25) is 4.79 Å². The number of carbonyl (C=O) groups excluding carboxylic acids is 1. The van der Waals surface area contributed by atoms with Gasteiger partial charge in [-0.1, -0.05) is 29.8 Å². The molecule has 0 unspecified atom stereocenters. The van der Waals surface area contributed by atoms with E-state index in [-0.39, 0.29) is 5.91 Å². The molecule has 0 amide bonds. The third kappa shape index (κ3) is 2.34. The molecule has 3 rings (SSSR count). The van der Waals surface area contributed by atoms with Crippen molar-refractivity contribution in [3.05, 3.63) is 62.1 Å². The van der Waals surface area contributed by atoms with E-state index in [2.05, 4.69) is 5.10 Å². The van der Waals surface area contributed by atoms with Crippen LogP contribution in [0.3, 0.4) is 0 Å². The van der Waals surface area contributed by atoms with Gasteiger partial charge >= 0.3 is 0 Å². The summed E-state index contributed by atoms with van der Waals surface area (Å²) in [5.74, 6) is -0.761. The zero-order chi connectivity index (χ0) is 15.1. The van der Waals surface area contributed by atoms with E-state index in [0.717, 1.165) is 5.56 Å². The Morgan fingerprint density at radius 3 is 2.71 bits per heavy atom. The van der Waals surface area contributed by atoms with Crippen LogP contribution >= 0.6 is 34.2 Å². The van der Waals surface area contributed by atoms with Crippen molar-refractivity contribution >= 4 is 51.0 Å². The number of hydrogen-bond donors (Lipinski definition) is 0. The first kappa shape index (κ1) is 14.5. The van der Waals surface area contributed by atoms with Crippen LogP contribution in [0.5, 0.6) is 0 Å². The molecule has 1 heterocycles. The van der Waals surface area contributed by atoms with Gasteiger partial charge in [-0.15, -0.1) is 0 Å². The first-order chi connectivity index (χ1) is 10.0. The number of carbonyl (C=O) groups is 1. The molecule has 0 fully saturated rings. The Kier molecular flexibility index (Phi) is 3.71. The van der Waals surface area contributed by atoms with E-state index in [1.807, 2.05) is 22.6 Å². The number of hydrogen-bond acceptors (Lipinski definition) is 2. The lowest BCUT2D eigenvalue weighted by Gasteiger charge is -2.07. The maximum absolute atomic E-state index is 13.9. The van der Waals surface area contributed by atoms with Crippen molar-refractivity contribution in [1.82, 2.24) is 9.78 Å². The molecular formula is C15H9ClFIN2O. The van der Waals surface area contributed by atoms with Crippen LogP contribution in [0.1, 0.15) is 15.9 Å². The van der Waals surface area contributed by atoms with Gasteiger partial charge in [0.05, 0.1) is 21.5 Å². The number of nitrogens with zero attached hydrogens (tertiary/aromatic N) is 2. The highest BCUT2D eigenvalue weighted by Crippen LogP contribution is 2.26. The molecule has 1 aromatic heterocycles. The molecule has 0 atom stereocenters. The van der Waals surface area contributed by atoms with Crippen molar-refractivity contribution < 1.29 is 9.18 Å². The van der Waals surface area contributed by atoms with Crippen LogP contribution in [0.25, 0.3) is 10.9 Å². The van der Waals surface area contributed by atoms with Crippen LogP contribution in [-0.2, 0) is 0 Å². The maximum atomic E-state index is 13.9. The Labute approximate surface area is 138 Å². The number of fused-ring (bicyclic) bond motifs is 1. The molecule has 21 heavy (non-hydrogen) atoms. The first-order valence-corrected chi connectivity index (χ1v) is 7.59. The summed E-state index contributed by atoms with van der Waals surface area (Å²) in [6.07, 6.45) is 0. The zero-order valence-electron chi connectivity index (χ0n) is 10.9. The molecule has 0 spiro atoms. The zero-order valence-corrected chi connectivity index (χ0v) is 13.8. The van der Waals surface area contributed by atoms with Gasteiger partial charge in [0.15, 0.2) is 0 Å². The number of aromatic nitrogens is 2. The highest BCUT2D eigenvalue weighted by atomic mass is 127. The van der Waals surface area contributed by atoms with Crippen LogP contribution < -0.4 is 0 Å². The second-order valence-electron chi connectivity index (χ2n) is 4.57. The highest BCUT2D eigenvalue weighted by molar-refractivity contribution is 14.1. The third-order valence-corrected chi connectivity index (χ3v) is 4.31. The van der Waals surface area contributed by atoms with Crippen LogP contribution in [-0.4, -0.2) is 15.7 Å². The summed E-state index contributed by atoms with van der Waals surface area (Å²) in [6, 6.07) is 9.80. The Balaban J connectivity index is 2.26. The molecular weight excluding hydrogens is 406 g/mol. The van der Waals surface area contributed by atoms with Gasteiger partial charge in [0.1, 0.15) is 9.52 Å². The minimum absolute atomic E-state index is 0.344.